The van der Waals surface area contributed by atoms with Gasteiger partial charge in [0.1, 0.15) is 5.84 Å². The summed E-state index contributed by atoms with van der Waals surface area (Å²) in [6.45, 7) is 10.6. The molecule has 1 unspecified atom stereocenters. The Kier molecular flexibility index (Phi) is 5.20. The summed E-state index contributed by atoms with van der Waals surface area (Å²) < 4.78 is 0. The molecule has 0 saturated heterocycles. The van der Waals surface area contributed by atoms with Crippen LogP contribution in [-0.2, 0) is 0 Å². The van der Waals surface area contributed by atoms with E-state index in [1.54, 1.807) is 0 Å². The maximum absolute atomic E-state index is 7.69. The molecule has 18 heavy (non-hydrogen) atoms. The van der Waals surface area contributed by atoms with Crippen LogP contribution < -0.4 is 10.6 Å². The smallest absolute Gasteiger partial charge is 0.124 e. The fourth-order valence-corrected chi connectivity index (χ4v) is 2.03. The fraction of sp³-hybridized carbons (Fsp3) is 0.533. The van der Waals surface area contributed by atoms with Gasteiger partial charge in [0, 0.05) is 24.3 Å². The summed E-state index contributed by atoms with van der Waals surface area (Å²) in [6.07, 6.45) is 1.16. The van der Waals surface area contributed by atoms with Crippen molar-refractivity contribution in [2.24, 2.45) is 11.7 Å². The number of hydrogen-bond donors (Lipinski definition) is 2. The molecular formula is C15H25N3. The van der Waals surface area contributed by atoms with Gasteiger partial charge in [-0.1, -0.05) is 26.3 Å². The van der Waals surface area contributed by atoms with E-state index in [1.165, 1.54) is 5.56 Å². The van der Waals surface area contributed by atoms with Gasteiger partial charge in [0.25, 0.3) is 0 Å². The van der Waals surface area contributed by atoms with Crippen LogP contribution in [0.1, 0.15) is 38.3 Å². The van der Waals surface area contributed by atoms with Crippen LogP contribution in [0.25, 0.3) is 0 Å². The minimum absolute atomic E-state index is 0.146. The fourth-order valence-electron chi connectivity index (χ4n) is 2.03. The first kappa shape index (κ1) is 14.6. The highest BCUT2D eigenvalue weighted by Crippen LogP contribution is 2.23. The van der Waals surface area contributed by atoms with Gasteiger partial charge in [0.15, 0.2) is 0 Å². The van der Waals surface area contributed by atoms with Crippen molar-refractivity contribution in [3.63, 3.8) is 0 Å². The van der Waals surface area contributed by atoms with Gasteiger partial charge in [-0.05, 0) is 37.5 Å². The monoisotopic (exact) mass is 247 g/mol. The molecule has 3 heteroatoms. The van der Waals surface area contributed by atoms with Crippen LogP contribution in [0.3, 0.4) is 0 Å². The second-order valence-corrected chi connectivity index (χ2v) is 4.99. The summed E-state index contributed by atoms with van der Waals surface area (Å²) >= 11 is 0. The maximum Gasteiger partial charge on any atom is 0.124 e. The lowest BCUT2D eigenvalue weighted by Gasteiger charge is -2.28. The molecule has 0 aromatic heterocycles. The number of aryl methyl sites for hydroxylation is 1. The van der Waals surface area contributed by atoms with E-state index in [2.05, 4.69) is 38.7 Å². The number of nitrogens with zero attached hydrogens (tertiary/aromatic N) is 1. The summed E-state index contributed by atoms with van der Waals surface area (Å²) in [5, 5.41) is 7.69. The predicted molar refractivity (Wildman–Crippen MR) is 79.5 cm³/mol. The van der Waals surface area contributed by atoms with E-state index in [-0.39, 0.29) is 5.84 Å². The van der Waals surface area contributed by atoms with Crippen LogP contribution in [0.2, 0.25) is 0 Å². The Balaban J connectivity index is 3.10. The molecule has 100 valence electrons. The Morgan fingerprint density at radius 2 is 2.06 bits per heavy atom. The summed E-state index contributed by atoms with van der Waals surface area (Å²) in [5.41, 5.74) is 8.81. The topological polar surface area (TPSA) is 53.1 Å². The Labute approximate surface area is 111 Å². The van der Waals surface area contributed by atoms with Crippen molar-refractivity contribution in [3.8, 4) is 0 Å². The molecule has 0 saturated carbocycles. The highest BCUT2D eigenvalue weighted by molar-refractivity contribution is 6.00. The molecule has 0 aliphatic heterocycles. The van der Waals surface area contributed by atoms with Crippen molar-refractivity contribution in [1.29, 1.82) is 5.41 Å². The van der Waals surface area contributed by atoms with Gasteiger partial charge in [-0.3, -0.25) is 5.41 Å². The van der Waals surface area contributed by atoms with Gasteiger partial charge >= 0.3 is 0 Å². The highest BCUT2D eigenvalue weighted by Gasteiger charge is 2.14. The molecule has 0 fully saturated rings. The molecule has 3 N–H and O–H groups in total. The van der Waals surface area contributed by atoms with Crippen LogP contribution in [0.4, 0.5) is 5.69 Å². The molecule has 1 atom stereocenters. The molecule has 1 rings (SSSR count). The molecule has 0 spiro atoms. The van der Waals surface area contributed by atoms with Gasteiger partial charge < -0.3 is 10.6 Å². The zero-order chi connectivity index (χ0) is 13.7. The molecular weight excluding hydrogens is 222 g/mol. The van der Waals surface area contributed by atoms with Gasteiger partial charge in [-0.15, -0.1) is 0 Å². The zero-order valence-corrected chi connectivity index (χ0v) is 12.0. The van der Waals surface area contributed by atoms with Gasteiger partial charge in [-0.2, -0.15) is 0 Å². The van der Waals surface area contributed by atoms with Gasteiger partial charge in [0.2, 0.25) is 0 Å². The van der Waals surface area contributed by atoms with Crippen LogP contribution in [0.15, 0.2) is 18.2 Å². The molecule has 0 aliphatic carbocycles. The number of nitrogen functional groups attached to an aromatic ring is 1. The predicted octanol–water partition coefficient (Wildman–Crippen LogP) is 3.15. The Morgan fingerprint density at radius 1 is 1.39 bits per heavy atom. The lowest BCUT2D eigenvalue weighted by atomic mass is 10.0. The third kappa shape index (κ3) is 3.49. The van der Waals surface area contributed by atoms with Gasteiger partial charge in [-0.25, -0.2) is 0 Å². The molecule has 0 amide bonds. The second-order valence-electron chi connectivity index (χ2n) is 4.99. The van der Waals surface area contributed by atoms with Gasteiger partial charge in [0.05, 0.1) is 0 Å². The maximum atomic E-state index is 7.69. The lowest BCUT2D eigenvalue weighted by Crippen LogP contribution is -2.30. The first-order chi connectivity index (χ1) is 8.49. The minimum atomic E-state index is 0.146. The number of hydrogen-bond acceptors (Lipinski definition) is 2. The minimum Gasteiger partial charge on any atom is -0.384 e. The third-order valence-electron chi connectivity index (χ3n) is 3.39. The number of nitrogens with one attached hydrogen (secondary N) is 1. The van der Waals surface area contributed by atoms with E-state index >= 15 is 0 Å². The third-order valence-corrected chi connectivity index (χ3v) is 3.39. The van der Waals surface area contributed by atoms with E-state index in [9.17, 15) is 0 Å². The second kappa shape index (κ2) is 6.43. The van der Waals surface area contributed by atoms with Crippen molar-refractivity contribution < 1.29 is 0 Å². The summed E-state index contributed by atoms with van der Waals surface area (Å²) in [6, 6.07) is 6.09. The number of benzene rings is 1. The molecule has 0 bridgehead atoms. The van der Waals surface area contributed by atoms with E-state index < -0.39 is 0 Å². The SMILES string of the molecule is CCC(C)CN(CC)c1cc(C)ccc1C(=N)N. The number of rotatable bonds is 6. The average molecular weight is 247 g/mol. The Bertz CT molecular complexity index is 412. The Hall–Kier alpha value is -1.51. The Morgan fingerprint density at radius 3 is 2.56 bits per heavy atom. The highest BCUT2D eigenvalue weighted by atomic mass is 15.1. The van der Waals surface area contributed by atoms with Crippen molar-refractivity contribution in [2.75, 3.05) is 18.0 Å². The van der Waals surface area contributed by atoms with Crippen LogP contribution in [0, 0.1) is 18.3 Å². The largest absolute Gasteiger partial charge is 0.384 e. The van der Waals surface area contributed by atoms with E-state index in [4.69, 9.17) is 11.1 Å². The van der Waals surface area contributed by atoms with E-state index in [1.807, 2.05) is 12.1 Å². The summed E-state index contributed by atoms with van der Waals surface area (Å²) in [4.78, 5) is 2.32. The van der Waals surface area contributed by atoms with Crippen molar-refractivity contribution >= 4 is 11.5 Å². The number of anilines is 1. The molecule has 1 aromatic rings. The van der Waals surface area contributed by atoms with Crippen LogP contribution in [0.5, 0.6) is 0 Å². The average Bonchev–Trinajstić information content (AvgIpc) is 2.35. The van der Waals surface area contributed by atoms with E-state index in [0.717, 1.165) is 30.8 Å². The lowest BCUT2D eigenvalue weighted by molar-refractivity contribution is 0.548. The molecule has 0 radical (unpaired) electrons. The van der Waals surface area contributed by atoms with Crippen molar-refractivity contribution in [3.05, 3.63) is 29.3 Å². The quantitative estimate of drug-likeness (QED) is 0.599. The zero-order valence-electron chi connectivity index (χ0n) is 12.0. The van der Waals surface area contributed by atoms with E-state index in [0.29, 0.717) is 5.92 Å². The van der Waals surface area contributed by atoms with Crippen molar-refractivity contribution in [1.82, 2.24) is 0 Å². The standard InChI is InChI=1S/C15H25N3/c1-5-11(3)10-18(6-2)14-9-12(4)7-8-13(14)15(16)17/h7-9,11H,5-6,10H2,1-4H3,(H3,16,17). The number of amidine groups is 1. The molecule has 0 heterocycles. The van der Waals surface area contributed by atoms with Crippen LogP contribution >= 0.6 is 0 Å². The molecule has 1 aromatic carbocycles. The molecule has 3 nitrogen and oxygen atoms in total. The summed E-state index contributed by atoms with van der Waals surface area (Å²) in [7, 11) is 0. The number of nitrogens with two attached hydrogens (primary N) is 1. The van der Waals surface area contributed by atoms with Crippen LogP contribution in [-0.4, -0.2) is 18.9 Å². The molecule has 0 aliphatic rings. The van der Waals surface area contributed by atoms with Crippen molar-refractivity contribution in [2.45, 2.75) is 34.1 Å². The summed E-state index contributed by atoms with van der Waals surface area (Å²) in [5.74, 6) is 0.790. The first-order valence-corrected chi connectivity index (χ1v) is 6.69. The first-order valence-electron chi connectivity index (χ1n) is 6.69. The normalized spacial score (nSPS) is 12.2.